The molecule has 0 aromatic heterocycles. The van der Waals surface area contributed by atoms with Crippen molar-refractivity contribution in [3.8, 4) is 0 Å². The van der Waals surface area contributed by atoms with Crippen molar-refractivity contribution < 1.29 is 28.6 Å². The summed E-state index contributed by atoms with van der Waals surface area (Å²) in [6.07, 6.45) is 91.0. The normalized spacial score (nSPS) is 12.4. The Bertz CT molecular complexity index is 1460. The van der Waals surface area contributed by atoms with Crippen LogP contribution in [0.3, 0.4) is 0 Å². The van der Waals surface area contributed by atoms with Gasteiger partial charge >= 0.3 is 17.9 Å². The number of hydrogen-bond donors (Lipinski definition) is 0. The molecule has 478 valence electrons. The summed E-state index contributed by atoms with van der Waals surface area (Å²) in [7, 11) is 0. The average Bonchev–Trinajstić information content (AvgIpc) is 3.47. The second-order valence-corrected chi connectivity index (χ2v) is 24.5. The largest absolute Gasteiger partial charge is 0.462 e. The summed E-state index contributed by atoms with van der Waals surface area (Å²) in [6.45, 7) is 6.66. The number of carbonyl (C=O) groups excluding carboxylic acids is 3. The fourth-order valence-corrected chi connectivity index (χ4v) is 10.7. The quantitative estimate of drug-likeness (QED) is 0.0261. The molecule has 0 aromatic rings. The van der Waals surface area contributed by atoms with E-state index in [0.717, 1.165) is 83.5 Å². The van der Waals surface area contributed by atoms with Crippen LogP contribution >= 0.6 is 0 Å². The second kappa shape index (κ2) is 70.6. The van der Waals surface area contributed by atoms with Crippen molar-refractivity contribution in [1.29, 1.82) is 0 Å². The molecule has 1 atom stereocenters. The zero-order valence-electron chi connectivity index (χ0n) is 55.0. The molecule has 0 amide bonds. The molecule has 0 aliphatic heterocycles. The lowest BCUT2D eigenvalue weighted by atomic mass is 10.0. The zero-order chi connectivity index (χ0) is 59.2. The van der Waals surface area contributed by atoms with Gasteiger partial charge in [-0.2, -0.15) is 0 Å². The van der Waals surface area contributed by atoms with Crippen LogP contribution in [-0.4, -0.2) is 37.2 Å². The maximum atomic E-state index is 13.0. The van der Waals surface area contributed by atoms with Crippen molar-refractivity contribution in [3.63, 3.8) is 0 Å². The Kier molecular flexibility index (Phi) is 68.1. The zero-order valence-corrected chi connectivity index (χ0v) is 55.0. The Hall–Kier alpha value is -2.89. The van der Waals surface area contributed by atoms with Crippen molar-refractivity contribution in [2.45, 2.75) is 393 Å². The molecule has 0 saturated heterocycles. The van der Waals surface area contributed by atoms with Crippen LogP contribution in [0.25, 0.3) is 0 Å². The molecule has 0 N–H and O–H groups in total. The molecular formula is C76H138O6. The van der Waals surface area contributed by atoms with Crippen LogP contribution in [0.4, 0.5) is 0 Å². The monoisotopic (exact) mass is 1150 g/mol. The van der Waals surface area contributed by atoms with Crippen molar-refractivity contribution in [2.24, 2.45) is 0 Å². The molecule has 0 spiro atoms. The van der Waals surface area contributed by atoms with Crippen molar-refractivity contribution in [2.75, 3.05) is 13.2 Å². The van der Waals surface area contributed by atoms with Gasteiger partial charge in [-0.3, -0.25) is 14.4 Å². The Morgan fingerprint density at radius 1 is 0.244 bits per heavy atom. The number of rotatable bonds is 67. The van der Waals surface area contributed by atoms with E-state index in [1.807, 2.05) is 0 Å². The van der Waals surface area contributed by atoms with Crippen LogP contribution in [0.15, 0.2) is 60.8 Å². The SMILES string of the molecule is CCCCC/C=C\C/C=C\C/C=C\CCCCCCCCC(=O)OC(COC(=O)CCCCCCCCC/C=C\CCCCCCCCC)COC(=O)CCCCCCCCCCCCCCCCC/C=C\CCCCCCCCCC. The first-order valence-corrected chi connectivity index (χ1v) is 36.3. The Morgan fingerprint density at radius 2 is 0.439 bits per heavy atom. The van der Waals surface area contributed by atoms with E-state index >= 15 is 0 Å². The maximum absolute atomic E-state index is 13.0. The van der Waals surface area contributed by atoms with Gasteiger partial charge in [0, 0.05) is 19.3 Å². The molecule has 0 radical (unpaired) electrons. The van der Waals surface area contributed by atoms with E-state index in [9.17, 15) is 14.4 Å². The maximum Gasteiger partial charge on any atom is 0.306 e. The lowest BCUT2D eigenvalue weighted by molar-refractivity contribution is -0.167. The molecule has 0 fully saturated rings. The van der Waals surface area contributed by atoms with E-state index in [1.165, 1.54) is 263 Å². The van der Waals surface area contributed by atoms with Crippen molar-refractivity contribution in [3.05, 3.63) is 60.8 Å². The number of esters is 3. The summed E-state index contributed by atoms with van der Waals surface area (Å²) in [5.41, 5.74) is 0. The van der Waals surface area contributed by atoms with Crippen LogP contribution in [0.5, 0.6) is 0 Å². The Balaban J connectivity index is 4.31. The third kappa shape index (κ3) is 67.9. The van der Waals surface area contributed by atoms with Crippen molar-refractivity contribution in [1.82, 2.24) is 0 Å². The first-order chi connectivity index (χ1) is 40.5. The Labute approximate surface area is 510 Å². The van der Waals surface area contributed by atoms with Gasteiger partial charge in [-0.15, -0.1) is 0 Å². The average molecular weight is 1150 g/mol. The number of unbranched alkanes of at least 4 members (excludes halogenated alkanes) is 46. The van der Waals surface area contributed by atoms with E-state index in [4.69, 9.17) is 14.2 Å². The van der Waals surface area contributed by atoms with Gasteiger partial charge in [-0.25, -0.2) is 0 Å². The molecule has 0 heterocycles. The first kappa shape index (κ1) is 79.1. The summed E-state index contributed by atoms with van der Waals surface area (Å²) in [4.78, 5) is 38.5. The van der Waals surface area contributed by atoms with Gasteiger partial charge < -0.3 is 14.2 Å². The van der Waals surface area contributed by atoms with E-state index in [1.54, 1.807) is 0 Å². The van der Waals surface area contributed by atoms with Crippen LogP contribution in [0.2, 0.25) is 0 Å². The fraction of sp³-hybridized carbons (Fsp3) is 0.829. The summed E-state index contributed by atoms with van der Waals surface area (Å²) in [5, 5.41) is 0. The van der Waals surface area contributed by atoms with E-state index in [2.05, 4.69) is 81.5 Å². The number of ether oxygens (including phenoxy) is 3. The highest BCUT2D eigenvalue weighted by atomic mass is 16.6. The molecule has 0 saturated carbocycles. The second-order valence-electron chi connectivity index (χ2n) is 24.5. The fourth-order valence-electron chi connectivity index (χ4n) is 10.7. The lowest BCUT2D eigenvalue weighted by Gasteiger charge is -2.18. The molecule has 82 heavy (non-hydrogen) atoms. The molecule has 6 nitrogen and oxygen atoms in total. The minimum atomic E-state index is -0.784. The first-order valence-electron chi connectivity index (χ1n) is 36.3. The summed E-state index contributed by atoms with van der Waals surface area (Å²) in [5.74, 6) is -0.871. The predicted molar refractivity (Wildman–Crippen MR) is 358 cm³/mol. The lowest BCUT2D eigenvalue weighted by Crippen LogP contribution is -2.30. The molecule has 6 heteroatoms. The van der Waals surface area contributed by atoms with Gasteiger partial charge in [-0.1, -0.05) is 319 Å². The predicted octanol–water partition coefficient (Wildman–Crippen LogP) is 25.1. The number of carbonyl (C=O) groups is 3. The van der Waals surface area contributed by atoms with Crippen molar-refractivity contribution >= 4 is 17.9 Å². The van der Waals surface area contributed by atoms with Crippen LogP contribution in [0.1, 0.15) is 387 Å². The minimum Gasteiger partial charge on any atom is -0.462 e. The molecule has 1 unspecified atom stereocenters. The highest BCUT2D eigenvalue weighted by molar-refractivity contribution is 5.71. The summed E-state index contributed by atoms with van der Waals surface area (Å²) < 4.78 is 17.0. The number of allylic oxidation sites excluding steroid dienone is 10. The summed E-state index contributed by atoms with van der Waals surface area (Å²) >= 11 is 0. The minimum absolute atomic E-state index is 0.0779. The smallest absolute Gasteiger partial charge is 0.306 e. The van der Waals surface area contributed by atoms with E-state index < -0.39 is 6.10 Å². The van der Waals surface area contributed by atoms with Gasteiger partial charge in [0.25, 0.3) is 0 Å². The molecule has 0 aromatic carbocycles. The standard InChI is InChI=1S/C76H138O6/c1-4-7-10-13-16-19-22-25-28-31-34-35-36-37-38-39-40-41-43-45-48-51-54-57-60-63-66-69-75(78)81-72-73(71-80-74(77)68-65-62-59-56-53-50-47-44-33-30-27-24-21-18-15-12-9-6-3)82-76(79)70-67-64-61-58-55-52-49-46-42-32-29-26-23-20-17-14-11-8-5-2/h17,20,26,29-31,33-34,42,46,73H,4-16,18-19,21-25,27-28,32,35-41,43-45,47-72H2,1-3H3/b20-17-,29-26-,33-30-,34-31-,46-42-. The molecular weight excluding hydrogens is 1010 g/mol. The third-order valence-corrected chi connectivity index (χ3v) is 16.2. The highest BCUT2D eigenvalue weighted by Crippen LogP contribution is 2.18. The van der Waals surface area contributed by atoms with Crippen LogP contribution in [0, 0.1) is 0 Å². The molecule has 0 bridgehead atoms. The number of hydrogen-bond acceptors (Lipinski definition) is 6. The van der Waals surface area contributed by atoms with Gasteiger partial charge in [0.1, 0.15) is 13.2 Å². The Morgan fingerprint density at radius 3 is 0.720 bits per heavy atom. The van der Waals surface area contributed by atoms with Gasteiger partial charge in [0.2, 0.25) is 0 Å². The third-order valence-electron chi connectivity index (χ3n) is 16.2. The molecule has 0 rings (SSSR count). The van der Waals surface area contributed by atoms with E-state index in [0.29, 0.717) is 19.3 Å². The molecule has 0 aliphatic rings. The van der Waals surface area contributed by atoms with Gasteiger partial charge in [0.05, 0.1) is 0 Å². The van der Waals surface area contributed by atoms with Gasteiger partial charge in [-0.05, 0) is 109 Å². The highest BCUT2D eigenvalue weighted by Gasteiger charge is 2.19. The van der Waals surface area contributed by atoms with Gasteiger partial charge in [0.15, 0.2) is 6.10 Å². The molecule has 0 aliphatic carbocycles. The summed E-state index contributed by atoms with van der Waals surface area (Å²) in [6, 6.07) is 0. The van der Waals surface area contributed by atoms with E-state index in [-0.39, 0.29) is 31.1 Å². The topological polar surface area (TPSA) is 78.9 Å². The van der Waals surface area contributed by atoms with Crippen LogP contribution < -0.4 is 0 Å². The van der Waals surface area contributed by atoms with Crippen LogP contribution in [-0.2, 0) is 28.6 Å².